The molecule has 1 aromatic rings. The summed E-state index contributed by atoms with van der Waals surface area (Å²) in [7, 11) is 0. The van der Waals surface area contributed by atoms with Crippen molar-refractivity contribution < 1.29 is 4.79 Å². The Hall–Kier alpha value is -1.35. The Kier molecular flexibility index (Phi) is 4.58. The number of rotatable bonds is 3. The molecule has 5 fully saturated rings. The van der Waals surface area contributed by atoms with Gasteiger partial charge in [-0.2, -0.15) is 0 Å². The van der Waals surface area contributed by atoms with Crippen molar-refractivity contribution in [2.24, 2.45) is 17.8 Å². The van der Waals surface area contributed by atoms with Crippen LogP contribution in [-0.2, 0) is 4.79 Å². The molecule has 3 nitrogen and oxygen atoms in total. The van der Waals surface area contributed by atoms with E-state index in [1.54, 1.807) is 0 Å². The van der Waals surface area contributed by atoms with Crippen molar-refractivity contribution in [3.63, 3.8) is 0 Å². The standard InChI is InChI=1S/C25H36N2O/c1-16-8-17(2)23(18(3)9-16)26-24(28)22-6-4-5-7-27(22)25-13-19-10-20(14-25)12-21(11-19)15-25/h8-9,19-22H,4-7,10-15H2,1-3H3,(H,26,28)/t19?,20?,21?,22-,25?/m0/s1. The van der Waals surface area contributed by atoms with Crippen LogP contribution in [0.3, 0.4) is 0 Å². The van der Waals surface area contributed by atoms with E-state index in [0.29, 0.717) is 5.54 Å². The molecular formula is C25H36N2O. The average molecular weight is 381 g/mol. The van der Waals surface area contributed by atoms with Crippen molar-refractivity contribution in [3.8, 4) is 0 Å². The molecule has 3 heteroatoms. The summed E-state index contributed by atoms with van der Waals surface area (Å²) in [6.07, 6.45) is 11.9. The van der Waals surface area contributed by atoms with E-state index in [1.165, 1.54) is 68.1 Å². The molecule has 4 aliphatic carbocycles. The molecule has 0 aromatic heterocycles. The Morgan fingerprint density at radius 2 is 1.54 bits per heavy atom. The molecule has 28 heavy (non-hydrogen) atoms. The van der Waals surface area contributed by atoms with Gasteiger partial charge >= 0.3 is 0 Å². The van der Waals surface area contributed by atoms with Crippen molar-refractivity contribution in [2.45, 2.75) is 90.1 Å². The highest BCUT2D eigenvalue weighted by Gasteiger charge is 2.55. The molecule has 4 saturated carbocycles. The van der Waals surface area contributed by atoms with E-state index in [-0.39, 0.29) is 11.9 Å². The number of carbonyl (C=O) groups is 1. The maximum absolute atomic E-state index is 13.5. The van der Waals surface area contributed by atoms with Gasteiger partial charge in [-0.15, -0.1) is 0 Å². The summed E-state index contributed by atoms with van der Waals surface area (Å²) >= 11 is 0. The maximum atomic E-state index is 13.5. The lowest BCUT2D eigenvalue weighted by Gasteiger charge is -2.62. The number of nitrogens with zero attached hydrogens (tertiary/aromatic N) is 1. The minimum Gasteiger partial charge on any atom is -0.324 e. The number of amides is 1. The molecule has 1 N–H and O–H groups in total. The molecule has 1 aromatic carbocycles. The van der Waals surface area contributed by atoms with Crippen molar-refractivity contribution in [1.82, 2.24) is 4.90 Å². The average Bonchev–Trinajstić information content (AvgIpc) is 2.63. The van der Waals surface area contributed by atoms with Gasteiger partial charge in [0.05, 0.1) is 6.04 Å². The zero-order valence-corrected chi connectivity index (χ0v) is 17.9. The lowest BCUT2D eigenvalue weighted by atomic mass is 9.52. The zero-order valence-electron chi connectivity index (χ0n) is 17.9. The Balaban J connectivity index is 1.40. The first kappa shape index (κ1) is 18.7. The molecule has 1 heterocycles. The minimum absolute atomic E-state index is 0.0603. The highest BCUT2D eigenvalue weighted by Crippen LogP contribution is 2.58. The number of aryl methyl sites for hydroxylation is 3. The van der Waals surface area contributed by atoms with Gasteiger partial charge in [0.25, 0.3) is 0 Å². The van der Waals surface area contributed by atoms with E-state index in [1.807, 2.05) is 0 Å². The molecule has 1 amide bonds. The third-order valence-electron chi connectivity index (χ3n) is 8.35. The van der Waals surface area contributed by atoms with E-state index >= 15 is 0 Å². The second kappa shape index (κ2) is 6.86. The maximum Gasteiger partial charge on any atom is 0.241 e. The van der Waals surface area contributed by atoms with Crippen LogP contribution in [0.25, 0.3) is 0 Å². The largest absolute Gasteiger partial charge is 0.324 e. The van der Waals surface area contributed by atoms with Crippen LogP contribution < -0.4 is 5.32 Å². The third kappa shape index (κ3) is 3.10. The molecule has 6 rings (SSSR count). The molecule has 0 radical (unpaired) electrons. The number of hydrogen-bond donors (Lipinski definition) is 1. The lowest BCUT2D eigenvalue weighted by Crippen LogP contribution is -2.65. The van der Waals surface area contributed by atoms with Crippen molar-refractivity contribution in [3.05, 3.63) is 28.8 Å². The van der Waals surface area contributed by atoms with E-state index in [4.69, 9.17) is 0 Å². The van der Waals surface area contributed by atoms with Gasteiger partial charge in [-0.3, -0.25) is 9.69 Å². The highest BCUT2D eigenvalue weighted by atomic mass is 16.2. The van der Waals surface area contributed by atoms with Gasteiger partial charge in [-0.05, 0) is 108 Å². The van der Waals surface area contributed by atoms with Crippen LogP contribution in [0.4, 0.5) is 5.69 Å². The second-order valence-corrected chi connectivity index (χ2v) is 10.6. The highest BCUT2D eigenvalue weighted by molar-refractivity contribution is 5.96. The van der Waals surface area contributed by atoms with Gasteiger partial charge in [0.1, 0.15) is 0 Å². The summed E-state index contributed by atoms with van der Waals surface area (Å²) in [6, 6.07) is 4.42. The molecule has 1 aliphatic heterocycles. The monoisotopic (exact) mass is 380 g/mol. The first-order valence-corrected chi connectivity index (χ1v) is 11.6. The van der Waals surface area contributed by atoms with Gasteiger partial charge in [0, 0.05) is 11.2 Å². The van der Waals surface area contributed by atoms with Gasteiger partial charge in [0.2, 0.25) is 5.91 Å². The normalized spacial score (nSPS) is 37.2. The van der Waals surface area contributed by atoms with E-state index in [0.717, 1.165) is 36.4 Å². The number of piperidine rings is 1. The topological polar surface area (TPSA) is 32.3 Å². The van der Waals surface area contributed by atoms with Crippen molar-refractivity contribution in [2.75, 3.05) is 11.9 Å². The van der Waals surface area contributed by atoms with Gasteiger partial charge in [-0.1, -0.05) is 24.1 Å². The number of hydrogen-bond acceptors (Lipinski definition) is 2. The Labute approximate surface area is 170 Å². The van der Waals surface area contributed by atoms with Crippen molar-refractivity contribution >= 4 is 11.6 Å². The summed E-state index contributed by atoms with van der Waals surface area (Å²) in [4.78, 5) is 16.2. The van der Waals surface area contributed by atoms with Crippen LogP contribution in [0.2, 0.25) is 0 Å². The number of benzene rings is 1. The van der Waals surface area contributed by atoms with Crippen LogP contribution >= 0.6 is 0 Å². The zero-order chi connectivity index (χ0) is 19.5. The molecule has 1 saturated heterocycles. The first-order valence-electron chi connectivity index (χ1n) is 11.6. The summed E-state index contributed by atoms with van der Waals surface area (Å²) < 4.78 is 0. The predicted molar refractivity (Wildman–Crippen MR) is 115 cm³/mol. The van der Waals surface area contributed by atoms with Gasteiger partial charge in [-0.25, -0.2) is 0 Å². The molecule has 1 atom stereocenters. The third-order valence-corrected chi connectivity index (χ3v) is 8.35. The lowest BCUT2D eigenvalue weighted by molar-refractivity contribution is -0.140. The van der Waals surface area contributed by atoms with Crippen LogP contribution in [0.15, 0.2) is 12.1 Å². The smallest absolute Gasteiger partial charge is 0.241 e. The van der Waals surface area contributed by atoms with Crippen molar-refractivity contribution in [1.29, 1.82) is 0 Å². The number of anilines is 1. The molecular weight excluding hydrogens is 344 g/mol. The summed E-state index contributed by atoms with van der Waals surface area (Å²) in [5.41, 5.74) is 4.99. The van der Waals surface area contributed by atoms with Crippen LogP contribution in [0, 0.1) is 38.5 Å². The predicted octanol–water partition coefficient (Wildman–Crippen LogP) is 5.37. The first-order chi connectivity index (χ1) is 13.4. The fourth-order valence-corrected chi connectivity index (χ4v) is 7.77. The molecule has 4 bridgehead atoms. The summed E-state index contributed by atoms with van der Waals surface area (Å²) in [6.45, 7) is 7.48. The van der Waals surface area contributed by atoms with E-state index in [9.17, 15) is 4.79 Å². The van der Waals surface area contributed by atoms with Gasteiger partial charge in [0.15, 0.2) is 0 Å². The van der Waals surface area contributed by atoms with Gasteiger partial charge < -0.3 is 5.32 Å². The van der Waals surface area contributed by atoms with Crippen LogP contribution in [-0.4, -0.2) is 28.9 Å². The van der Waals surface area contributed by atoms with E-state index < -0.39 is 0 Å². The number of carbonyl (C=O) groups excluding carboxylic acids is 1. The molecule has 0 unspecified atom stereocenters. The number of likely N-dealkylation sites (tertiary alicyclic amines) is 1. The quantitative estimate of drug-likeness (QED) is 0.764. The minimum atomic E-state index is 0.0603. The molecule has 152 valence electrons. The molecule has 5 aliphatic rings. The summed E-state index contributed by atoms with van der Waals surface area (Å²) in [5.74, 6) is 3.03. The second-order valence-electron chi connectivity index (χ2n) is 10.6. The molecule has 0 spiro atoms. The Bertz CT molecular complexity index is 724. The Morgan fingerprint density at radius 1 is 0.964 bits per heavy atom. The SMILES string of the molecule is Cc1cc(C)c(NC(=O)[C@@H]2CCCCN2C23CC4CC(CC(C4)C2)C3)c(C)c1. The summed E-state index contributed by atoms with van der Waals surface area (Å²) in [5, 5.41) is 3.36. The van der Waals surface area contributed by atoms with Crippen LogP contribution in [0.5, 0.6) is 0 Å². The Morgan fingerprint density at radius 3 is 2.11 bits per heavy atom. The fourth-order valence-electron chi connectivity index (χ4n) is 7.77. The van der Waals surface area contributed by atoms with Crippen LogP contribution in [0.1, 0.15) is 74.5 Å². The fraction of sp³-hybridized carbons (Fsp3) is 0.720. The van der Waals surface area contributed by atoms with E-state index in [2.05, 4.69) is 43.1 Å². The number of nitrogens with one attached hydrogen (secondary N) is 1.